The first-order valence-corrected chi connectivity index (χ1v) is 7.41. The van der Waals surface area contributed by atoms with Gasteiger partial charge >= 0.3 is 0 Å². The highest BCUT2D eigenvalue weighted by Crippen LogP contribution is 2.25. The second-order valence-electron chi connectivity index (χ2n) is 5.07. The second-order valence-corrected chi connectivity index (χ2v) is 5.99. The van der Waals surface area contributed by atoms with Gasteiger partial charge in [0.25, 0.3) is 5.69 Å². The van der Waals surface area contributed by atoms with Crippen molar-refractivity contribution in [3.05, 3.63) is 68.2 Å². The van der Waals surface area contributed by atoms with E-state index in [0.29, 0.717) is 15.6 Å². The maximum absolute atomic E-state index is 12.3. The molecule has 2 aromatic rings. The van der Waals surface area contributed by atoms with E-state index in [1.807, 2.05) is 31.1 Å². The summed E-state index contributed by atoms with van der Waals surface area (Å²) in [6.45, 7) is 0. The van der Waals surface area contributed by atoms with Crippen LogP contribution in [0.25, 0.3) is 0 Å². The van der Waals surface area contributed by atoms with E-state index in [1.165, 1.54) is 6.07 Å². The highest BCUT2D eigenvalue weighted by atomic mass is 79.9. The molecule has 22 heavy (non-hydrogen) atoms. The number of Topliss-reactive ketones (excluding diaryl/α,β-unsaturated/α-hetero) is 1. The first-order chi connectivity index (χ1) is 10.4. The lowest BCUT2D eigenvalue weighted by atomic mass is 10.0. The molecule has 0 N–H and O–H groups in total. The highest BCUT2D eigenvalue weighted by molar-refractivity contribution is 9.10. The number of nitrogens with zero attached hydrogens (tertiary/aromatic N) is 2. The van der Waals surface area contributed by atoms with Crippen LogP contribution in [0.4, 0.5) is 11.4 Å². The largest absolute Gasteiger partial charge is 0.378 e. The number of rotatable bonds is 5. The van der Waals surface area contributed by atoms with Crippen molar-refractivity contribution in [2.45, 2.75) is 6.42 Å². The predicted molar refractivity (Wildman–Crippen MR) is 89.6 cm³/mol. The van der Waals surface area contributed by atoms with Crippen LogP contribution in [-0.2, 0) is 6.42 Å². The van der Waals surface area contributed by atoms with Gasteiger partial charge in [-0.15, -0.1) is 0 Å². The Balaban J connectivity index is 2.23. The Bertz CT molecular complexity index is 712. The Labute approximate surface area is 136 Å². The van der Waals surface area contributed by atoms with E-state index in [1.54, 1.807) is 24.3 Å². The van der Waals surface area contributed by atoms with E-state index < -0.39 is 4.92 Å². The summed E-state index contributed by atoms with van der Waals surface area (Å²) >= 11 is 3.20. The molecule has 0 radical (unpaired) electrons. The lowest BCUT2D eigenvalue weighted by Crippen LogP contribution is -2.09. The summed E-state index contributed by atoms with van der Waals surface area (Å²) in [5.41, 5.74) is 1.90. The predicted octanol–water partition coefficient (Wildman–Crippen LogP) is 3.85. The third-order valence-electron chi connectivity index (χ3n) is 3.30. The van der Waals surface area contributed by atoms with Gasteiger partial charge in [0.1, 0.15) is 0 Å². The zero-order valence-corrected chi connectivity index (χ0v) is 13.8. The van der Waals surface area contributed by atoms with Crippen molar-refractivity contribution >= 4 is 33.1 Å². The summed E-state index contributed by atoms with van der Waals surface area (Å²) in [6.07, 6.45) is 0.00487. The summed E-state index contributed by atoms with van der Waals surface area (Å²) in [5, 5.41) is 11.1. The number of nitro groups is 1. The zero-order chi connectivity index (χ0) is 16.3. The molecule has 0 fully saturated rings. The van der Waals surface area contributed by atoms with Gasteiger partial charge in [-0.1, -0.05) is 22.0 Å². The Morgan fingerprint density at radius 1 is 1.18 bits per heavy atom. The Morgan fingerprint density at radius 3 is 2.36 bits per heavy atom. The molecular weight excluding hydrogens is 348 g/mol. The minimum Gasteiger partial charge on any atom is -0.378 e. The molecule has 0 aromatic heterocycles. The number of carbonyl (C=O) groups is 1. The number of hydrogen-bond acceptors (Lipinski definition) is 4. The van der Waals surface area contributed by atoms with Crippen LogP contribution in [0, 0.1) is 10.1 Å². The van der Waals surface area contributed by atoms with Crippen molar-refractivity contribution in [2.75, 3.05) is 19.0 Å². The number of ketones is 1. The number of benzene rings is 2. The molecule has 0 heterocycles. The Morgan fingerprint density at radius 2 is 1.82 bits per heavy atom. The first-order valence-electron chi connectivity index (χ1n) is 6.62. The van der Waals surface area contributed by atoms with Crippen molar-refractivity contribution in [2.24, 2.45) is 0 Å². The number of anilines is 1. The normalized spacial score (nSPS) is 10.3. The van der Waals surface area contributed by atoms with E-state index in [4.69, 9.17) is 0 Å². The number of carbonyl (C=O) groups excluding carboxylic acids is 1. The zero-order valence-electron chi connectivity index (χ0n) is 12.2. The van der Waals surface area contributed by atoms with Gasteiger partial charge in [-0.3, -0.25) is 14.9 Å². The molecule has 0 aliphatic heterocycles. The molecule has 2 rings (SSSR count). The Hall–Kier alpha value is -2.21. The summed E-state index contributed by atoms with van der Waals surface area (Å²) in [4.78, 5) is 24.9. The number of nitro benzene ring substituents is 1. The van der Waals surface area contributed by atoms with Crippen LogP contribution in [0.5, 0.6) is 0 Å². The van der Waals surface area contributed by atoms with Crippen LogP contribution < -0.4 is 4.90 Å². The van der Waals surface area contributed by atoms with Gasteiger partial charge < -0.3 is 4.90 Å². The number of halogens is 1. The minimum absolute atomic E-state index is 0.00487. The molecule has 0 saturated carbocycles. The topological polar surface area (TPSA) is 63.5 Å². The molecule has 114 valence electrons. The average molecular weight is 363 g/mol. The molecule has 0 aliphatic carbocycles. The third-order valence-corrected chi connectivity index (χ3v) is 3.79. The average Bonchev–Trinajstić information content (AvgIpc) is 2.48. The van der Waals surface area contributed by atoms with Crippen molar-refractivity contribution in [1.82, 2.24) is 0 Å². The smallest absolute Gasteiger partial charge is 0.274 e. The molecule has 0 spiro atoms. The van der Waals surface area contributed by atoms with Crippen LogP contribution >= 0.6 is 15.9 Å². The van der Waals surface area contributed by atoms with E-state index >= 15 is 0 Å². The minimum atomic E-state index is -0.470. The van der Waals surface area contributed by atoms with Crippen LogP contribution in [0.15, 0.2) is 46.9 Å². The van der Waals surface area contributed by atoms with E-state index in [0.717, 1.165) is 5.69 Å². The lowest BCUT2D eigenvalue weighted by molar-refractivity contribution is -0.385. The van der Waals surface area contributed by atoms with Gasteiger partial charge in [0.05, 0.1) is 4.92 Å². The summed E-state index contributed by atoms with van der Waals surface area (Å²) < 4.78 is 0.616. The first kappa shape index (κ1) is 16.2. The standard InChI is InChI=1S/C16H15BrN2O3/c1-18(2)14-7-4-11(5-8-14)16(20)9-12-3-6-13(17)10-15(12)19(21)22/h3-8,10H,9H2,1-2H3. The van der Waals surface area contributed by atoms with Crippen molar-refractivity contribution in [3.8, 4) is 0 Å². The molecule has 5 nitrogen and oxygen atoms in total. The number of hydrogen-bond donors (Lipinski definition) is 0. The molecule has 0 aliphatic rings. The highest BCUT2D eigenvalue weighted by Gasteiger charge is 2.17. The van der Waals surface area contributed by atoms with E-state index in [2.05, 4.69) is 15.9 Å². The summed E-state index contributed by atoms with van der Waals surface area (Å²) in [7, 11) is 3.84. The van der Waals surface area contributed by atoms with Crippen molar-refractivity contribution in [1.29, 1.82) is 0 Å². The van der Waals surface area contributed by atoms with Gasteiger partial charge in [0, 0.05) is 47.9 Å². The SMILES string of the molecule is CN(C)c1ccc(C(=O)Cc2ccc(Br)cc2[N+](=O)[O-])cc1. The van der Waals surface area contributed by atoms with Crippen molar-refractivity contribution in [3.63, 3.8) is 0 Å². The lowest BCUT2D eigenvalue weighted by Gasteiger charge is -2.12. The monoisotopic (exact) mass is 362 g/mol. The quantitative estimate of drug-likeness (QED) is 0.460. The van der Waals surface area contributed by atoms with Gasteiger partial charge in [0.15, 0.2) is 5.78 Å². The molecular formula is C16H15BrN2O3. The molecule has 0 unspecified atom stereocenters. The molecule has 0 atom stereocenters. The van der Waals surface area contributed by atoms with Crippen LogP contribution in [0.3, 0.4) is 0 Å². The van der Waals surface area contributed by atoms with Gasteiger partial charge in [-0.05, 0) is 30.3 Å². The maximum Gasteiger partial charge on any atom is 0.274 e. The van der Waals surface area contributed by atoms with Crippen LogP contribution in [-0.4, -0.2) is 24.8 Å². The van der Waals surface area contributed by atoms with Gasteiger partial charge in [-0.25, -0.2) is 0 Å². The van der Waals surface area contributed by atoms with E-state index in [-0.39, 0.29) is 17.9 Å². The summed E-state index contributed by atoms with van der Waals surface area (Å²) in [6, 6.07) is 11.9. The summed E-state index contributed by atoms with van der Waals surface area (Å²) in [5.74, 6) is -0.143. The molecule has 2 aromatic carbocycles. The van der Waals surface area contributed by atoms with Crippen LogP contribution in [0.1, 0.15) is 15.9 Å². The fourth-order valence-corrected chi connectivity index (χ4v) is 2.43. The fraction of sp³-hybridized carbons (Fsp3) is 0.188. The second kappa shape index (κ2) is 6.70. The third kappa shape index (κ3) is 3.71. The van der Waals surface area contributed by atoms with Gasteiger partial charge in [-0.2, -0.15) is 0 Å². The molecule has 6 heteroatoms. The fourth-order valence-electron chi connectivity index (χ4n) is 2.08. The van der Waals surface area contributed by atoms with Gasteiger partial charge in [0.2, 0.25) is 0 Å². The van der Waals surface area contributed by atoms with Crippen molar-refractivity contribution < 1.29 is 9.72 Å². The van der Waals surface area contributed by atoms with Crippen LogP contribution in [0.2, 0.25) is 0 Å². The molecule has 0 bridgehead atoms. The maximum atomic E-state index is 12.3. The molecule has 0 amide bonds. The van der Waals surface area contributed by atoms with E-state index in [9.17, 15) is 14.9 Å². The molecule has 0 saturated heterocycles. The Kier molecular flexibility index (Phi) is 4.92.